The van der Waals surface area contributed by atoms with Crippen LogP contribution in [0.25, 0.3) is 0 Å². The Balaban J connectivity index is 2.04. The molecule has 0 saturated carbocycles. The van der Waals surface area contributed by atoms with Crippen LogP contribution in [0, 0.1) is 0 Å². The summed E-state index contributed by atoms with van der Waals surface area (Å²) in [7, 11) is 1.76. The van der Waals surface area contributed by atoms with E-state index >= 15 is 0 Å². The molecule has 0 spiro atoms. The van der Waals surface area contributed by atoms with Crippen LogP contribution in [0.3, 0.4) is 0 Å². The van der Waals surface area contributed by atoms with E-state index in [1.54, 1.807) is 30.3 Å². The van der Waals surface area contributed by atoms with Crippen LogP contribution < -0.4 is 4.57 Å². The largest absolute Gasteiger partial charge is 0.416 e. The standard InChI is InChI=1S/C8H10F2N3O/c1-11-2-3-12(6-11)7(14)13-4-8(9,10)5-13/h2-3,6H,4-5H2,1H3/q+1. The van der Waals surface area contributed by atoms with Crippen molar-refractivity contribution < 1.29 is 18.1 Å². The molecular weight excluding hydrogens is 192 g/mol. The number of likely N-dealkylation sites (tertiary alicyclic amines) is 1. The normalized spacial score (nSPS) is 19.2. The van der Waals surface area contributed by atoms with Crippen LogP contribution in [0.1, 0.15) is 0 Å². The molecule has 0 unspecified atom stereocenters. The maximum absolute atomic E-state index is 12.5. The van der Waals surface area contributed by atoms with Crippen molar-refractivity contribution in [2.45, 2.75) is 5.92 Å². The number of hydrogen-bond donors (Lipinski definition) is 0. The number of carbonyl (C=O) groups excluding carboxylic acids is 1. The molecule has 0 aliphatic carbocycles. The quantitative estimate of drug-likeness (QED) is 0.554. The van der Waals surface area contributed by atoms with Gasteiger partial charge in [-0.1, -0.05) is 0 Å². The van der Waals surface area contributed by atoms with Crippen LogP contribution in [-0.2, 0) is 7.05 Å². The minimum atomic E-state index is -2.70. The zero-order valence-corrected chi connectivity index (χ0v) is 7.65. The molecule has 2 rings (SSSR count). The van der Waals surface area contributed by atoms with Crippen molar-refractivity contribution >= 4 is 6.03 Å². The average Bonchev–Trinajstić information content (AvgIpc) is 2.46. The highest BCUT2D eigenvalue weighted by molar-refractivity contribution is 5.77. The van der Waals surface area contributed by atoms with Gasteiger partial charge in [0.15, 0.2) is 0 Å². The molecule has 1 saturated heterocycles. The maximum Gasteiger partial charge on any atom is 0.416 e. The molecule has 0 bridgehead atoms. The number of aromatic nitrogens is 2. The second-order valence-electron chi connectivity index (χ2n) is 3.48. The third kappa shape index (κ3) is 1.47. The highest BCUT2D eigenvalue weighted by Gasteiger charge is 2.48. The fourth-order valence-corrected chi connectivity index (χ4v) is 1.37. The number of rotatable bonds is 0. The first-order valence-electron chi connectivity index (χ1n) is 4.18. The molecule has 1 amide bonds. The van der Waals surface area contributed by atoms with Gasteiger partial charge in [0, 0.05) is 0 Å². The van der Waals surface area contributed by atoms with Crippen LogP contribution in [0.2, 0.25) is 0 Å². The van der Waals surface area contributed by atoms with E-state index in [4.69, 9.17) is 0 Å². The van der Waals surface area contributed by atoms with Gasteiger partial charge in [0.1, 0.15) is 12.4 Å². The summed E-state index contributed by atoms with van der Waals surface area (Å²) in [5.74, 6) is -2.70. The van der Waals surface area contributed by atoms with Gasteiger partial charge in [0.2, 0.25) is 0 Å². The summed E-state index contributed by atoms with van der Waals surface area (Å²) in [4.78, 5) is 12.6. The van der Waals surface area contributed by atoms with Crippen LogP contribution in [0.5, 0.6) is 0 Å². The first kappa shape index (κ1) is 9.11. The number of alkyl halides is 2. The fraction of sp³-hybridized carbons (Fsp3) is 0.500. The van der Waals surface area contributed by atoms with Crippen molar-refractivity contribution in [1.29, 1.82) is 0 Å². The van der Waals surface area contributed by atoms with E-state index in [9.17, 15) is 13.6 Å². The third-order valence-electron chi connectivity index (χ3n) is 2.10. The Hall–Kier alpha value is -1.46. The minimum absolute atomic E-state index is 0.406. The molecule has 4 nitrogen and oxygen atoms in total. The lowest BCUT2D eigenvalue weighted by molar-refractivity contribution is -0.670. The Morgan fingerprint density at radius 3 is 2.57 bits per heavy atom. The van der Waals surface area contributed by atoms with E-state index in [1.807, 2.05) is 0 Å². The van der Waals surface area contributed by atoms with Crippen molar-refractivity contribution in [3.63, 3.8) is 0 Å². The van der Waals surface area contributed by atoms with Gasteiger partial charge in [-0.15, -0.1) is 0 Å². The lowest BCUT2D eigenvalue weighted by Gasteiger charge is -2.36. The Labute approximate surface area is 79.4 Å². The van der Waals surface area contributed by atoms with E-state index < -0.39 is 25.0 Å². The van der Waals surface area contributed by atoms with E-state index in [-0.39, 0.29) is 0 Å². The summed E-state index contributed by atoms with van der Waals surface area (Å²) in [6.07, 6.45) is 4.76. The predicted molar refractivity (Wildman–Crippen MR) is 42.9 cm³/mol. The van der Waals surface area contributed by atoms with Gasteiger partial charge in [-0.2, -0.15) is 4.57 Å². The van der Waals surface area contributed by atoms with Gasteiger partial charge < -0.3 is 0 Å². The smallest absolute Gasteiger partial charge is 0.292 e. The Bertz CT molecular complexity index is 366. The fourth-order valence-electron chi connectivity index (χ4n) is 1.37. The summed E-state index contributed by atoms with van der Waals surface area (Å²) in [5.41, 5.74) is 0. The van der Waals surface area contributed by atoms with Gasteiger partial charge in [-0.05, 0) is 0 Å². The second kappa shape index (κ2) is 2.76. The molecule has 0 atom stereocenters. The van der Waals surface area contributed by atoms with Gasteiger partial charge in [-0.3, -0.25) is 4.90 Å². The van der Waals surface area contributed by atoms with E-state index in [0.29, 0.717) is 0 Å². The van der Waals surface area contributed by atoms with Gasteiger partial charge >= 0.3 is 6.03 Å². The zero-order valence-electron chi connectivity index (χ0n) is 7.65. The summed E-state index contributed by atoms with van der Waals surface area (Å²) < 4.78 is 27.9. The van der Waals surface area contributed by atoms with Crippen molar-refractivity contribution in [2.24, 2.45) is 7.05 Å². The van der Waals surface area contributed by atoms with Crippen molar-refractivity contribution in [3.8, 4) is 0 Å². The van der Waals surface area contributed by atoms with Crippen LogP contribution >= 0.6 is 0 Å². The van der Waals surface area contributed by atoms with Gasteiger partial charge in [0.05, 0.1) is 20.1 Å². The van der Waals surface area contributed by atoms with Crippen LogP contribution in [0.4, 0.5) is 13.6 Å². The topological polar surface area (TPSA) is 29.1 Å². The Morgan fingerprint density at radius 2 is 2.14 bits per heavy atom. The Morgan fingerprint density at radius 1 is 1.50 bits per heavy atom. The van der Waals surface area contributed by atoms with Crippen LogP contribution in [-0.4, -0.2) is 34.5 Å². The lowest BCUT2D eigenvalue weighted by atomic mass is 10.2. The predicted octanol–water partition coefficient (Wildman–Crippen LogP) is 0.232. The molecule has 1 aliphatic heterocycles. The maximum atomic E-state index is 12.5. The second-order valence-corrected chi connectivity index (χ2v) is 3.48. The number of imidazole rings is 1. The number of carbonyl (C=O) groups is 1. The van der Waals surface area contributed by atoms with E-state index in [1.165, 1.54) is 4.57 Å². The highest BCUT2D eigenvalue weighted by atomic mass is 19.3. The first-order chi connectivity index (χ1) is 6.48. The van der Waals surface area contributed by atoms with E-state index in [2.05, 4.69) is 0 Å². The number of amides is 1. The number of halogens is 2. The van der Waals surface area contributed by atoms with Crippen molar-refractivity contribution in [3.05, 3.63) is 18.7 Å². The molecule has 1 fully saturated rings. The molecule has 2 heterocycles. The lowest BCUT2D eigenvalue weighted by Crippen LogP contribution is -2.59. The Kier molecular flexibility index (Phi) is 1.80. The summed E-state index contributed by atoms with van der Waals surface area (Å²) in [5, 5.41) is 0. The molecule has 6 heteroatoms. The molecular formula is C8H10F2N3O+. The summed E-state index contributed by atoms with van der Waals surface area (Å²) in [6, 6.07) is -0.406. The SMILES string of the molecule is C[n+]1ccn(C(=O)N2CC(F)(F)C2)c1. The van der Waals surface area contributed by atoms with Crippen LogP contribution in [0.15, 0.2) is 18.7 Å². The minimum Gasteiger partial charge on any atom is -0.292 e. The summed E-state index contributed by atoms with van der Waals surface area (Å²) >= 11 is 0. The molecule has 0 aromatic carbocycles. The van der Waals surface area contributed by atoms with Crippen molar-refractivity contribution in [2.75, 3.05) is 13.1 Å². The number of nitrogens with zero attached hydrogens (tertiary/aromatic N) is 3. The molecule has 1 aromatic heterocycles. The van der Waals surface area contributed by atoms with Gasteiger partial charge in [0.25, 0.3) is 12.2 Å². The molecule has 1 aliphatic rings. The van der Waals surface area contributed by atoms with Crippen molar-refractivity contribution in [1.82, 2.24) is 9.47 Å². The summed E-state index contributed by atoms with van der Waals surface area (Å²) in [6.45, 7) is -0.957. The molecule has 1 aromatic rings. The molecule has 14 heavy (non-hydrogen) atoms. The number of aryl methyl sites for hydroxylation is 1. The van der Waals surface area contributed by atoms with Gasteiger partial charge in [-0.25, -0.2) is 18.1 Å². The molecule has 0 N–H and O–H groups in total. The molecule has 76 valence electrons. The monoisotopic (exact) mass is 202 g/mol. The van der Waals surface area contributed by atoms with E-state index in [0.717, 1.165) is 4.90 Å². The number of hydrogen-bond acceptors (Lipinski definition) is 1. The third-order valence-corrected chi connectivity index (χ3v) is 2.10. The molecule has 0 radical (unpaired) electrons. The first-order valence-corrected chi connectivity index (χ1v) is 4.18. The highest BCUT2D eigenvalue weighted by Crippen LogP contribution is 2.26. The average molecular weight is 202 g/mol. The zero-order chi connectivity index (χ0) is 10.3.